The normalized spacial score (nSPS) is 16.7. The lowest BCUT2D eigenvalue weighted by atomic mass is 9.78. The van der Waals surface area contributed by atoms with E-state index in [4.69, 9.17) is 11.5 Å². The molecule has 1 saturated carbocycles. The maximum Gasteiger partial charge on any atom is 0.137 e. The summed E-state index contributed by atoms with van der Waals surface area (Å²) in [5.41, 5.74) is 18.5. The molecular formula is C34H38N6O2. The van der Waals surface area contributed by atoms with Crippen molar-refractivity contribution in [3.05, 3.63) is 107 Å². The minimum absolute atomic E-state index is 0.165. The zero-order chi connectivity index (χ0) is 29.3. The number of benzene rings is 2. The second kappa shape index (κ2) is 13.9. The first-order chi connectivity index (χ1) is 20.4. The molecule has 42 heavy (non-hydrogen) atoms. The van der Waals surface area contributed by atoms with E-state index in [1.807, 2.05) is 60.7 Å². The summed E-state index contributed by atoms with van der Waals surface area (Å²) in [5.74, 6) is 0.972. The van der Waals surface area contributed by atoms with Gasteiger partial charge in [0, 0.05) is 48.9 Å². The van der Waals surface area contributed by atoms with Gasteiger partial charge >= 0.3 is 0 Å². The van der Waals surface area contributed by atoms with Crippen molar-refractivity contribution >= 4 is 22.9 Å². The topological polar surface area (TPSA) is 138 Å². The molecule has 1 aliphatic rings. The van der Waals surface area contributed by atoms with Crippen LogP contribution in [0.2, 0.25) is 0 Å². The summed E-state index contributed by atoms with van der Waals surface area (Å²) < 4.78 is 0. The van der Waals surface area contributed by atoms with Crippen LogP contribution in [-0.4, -0.2) is 32.0 Å². The second-order valence-electron chi connectivity index (χ2n) is 11.4. The van der Waals surface area contributed by atoms with Gasteiger partial charge in [-0.15, -0.1) is 0 Å². The van der Waals surface area contributed by atoms with Gasteiger partial charge in [-0.3, -0.25) is 9.59 Å². The molecule has 2 heterocycles. The van der Waals surface area contributed by atoms with Gasteiger partial charge in [-0.1, -0.05) is 30.7 Å². The van der Waals surface area contributed by atoms with Crippen molar-refractivity contribution in [2.45, 2.75) is 76.0 Å². The van der Waals surface area contributed by atoms with Gasteiger partial charge < -0.3 is 11.5 Å². The summed E-state index contributed by atoms with van der Waals surface area (Å²) in [6, 6.07) is 23.1. The van der Waals surface area contributed by atoms with Crippen LogP contribution in [0.25, 0.3) is 0 Å². The average molecular weight is 563 g/mol. The van der Waals surface area contributed by atoms with Gasteiger partial charge in [0.15, 0.2) is 0 Å². The first-order valence-corrected chi connectivity index (χ1v) is 14.8. The average Bonchev–Trinajstić information content (AvgIpc) is 3.00. The number of aryl methyl sites for hydroxylation is 2. The van der Waals surface area contributed by atoms with Gasteiger partial charge in [0.25, 0.3) is 0 Å². The molecule has 0 saturated heterocycles. The van der Waals surface area contributed by atoms with E-state index in [1.165, 1.54) is 0 Å². The lowest BCUT2D eigenvalue weighted by Gasteiger charge is -2.28. The number of rotatable bonds is 12. The molecule has 1 aliphatic carbocycles. The monoisotopic (exact) mass is 562 g/mol. The summed E-state index contributed by atoms with van der Waals surface area (Å²) in [6.45, 7) is 0. The second-order valence-corrected chi connectivity index (χ2v) is 11.4. The third-order valence-electron chi connectivity index (χ3n) is 8.02. The smallest absolute Gasteiger partial charge is 0.137 e. The Morgan fingerprint density at radius 3 is 1.52 bits per heavy atom. The number of nitrogens with zero attached hydrogens (tertiary/aromatic N) is 4. The molecule has 8 nitrogen and oxygen atoms in total. The van der Waals surface area contributed by atoms with Crippen LogP contribution in [0.15, 0.2) is 72.8 Å². The first-order valence-electron chi connectivity index (χ1n) is 14.8. The summed E-state index contributed by atoms with van der Waals surface area (Å²) in [4.78, 5) is 24.9. The molecule has 5 rings (SSSR count). The molecule has 216 valence electrons. The van der Waals surface area contributed by atoms with E-state index in [0.717, 1.165) is 59.6 Å². The van der Waals surface area contributed by atoms with E-state index in [-0.39, 0.29) is 11.6 Å². The molecule has 8 heteroatoms. The number of Topliss-reactive ketones (excluding diaryl/α,β-unsaturated/α-hetero) is 2. The molecule has 4 aromatic rings. The Hall–Kier alpha value is -4.46. The van der Waals surface area contributed by atoms with Crippen LogP contribution < -0.4 is 11.5 Å². The highest BCUT2D eigenvalue weighted by atomic mass is 16.1. The summed E-state index contributed by atoms with van der Waals surface area (Å²) in [5, 5.41) is 18.0. The van der Waals surface area contributed by atoms with E-state index in [9.17, 15) is 9.59 Å². The van der Waals surface area contributed by atoms with E-state index in [1.54, 1.807) is 0 Å². The molecule has 2 aromatic heterocycles. The highest BCUT2D eigenvalue weighted by molar-refractivity contribution is 5.81. The van der Waals surface area contributed by atoms with E-state index >= 15 is 0 Å². The van der Waals surface area contributed by atoms with Crippen LogP contribution in [0.5, 0.6) is 0 Å². The van der Waals surface area contributed by atoms with Crippen molar-refractivity contribution in [2.75, 3.05) is 11.5 Å². The van der Waals surface area contributed by atoms with Gasteiger partial charge in [-0.25, -0.2) is 0 Å². The third-order valence-corrected chi connectivity index (χ3v) is 8.02. The van der Waals surface area contributed by atoms with Crippen LogP contribution >= 0.6 is 0 Å². The molecule has 2 aromatic carbocycles. The van der Waals surface area contributed by atoms with Crippen LogP contribution in [0.4, 0.5) is 11.4 Å². The Balaban J connectivity index is 1.09. The molecule has 0 amide bonds. The molecule has 4 N–H and O–H groups in total. The van der Waals surface area contributed by atoms with Crippen molar-refractivity contribution in [3.8, 4) is 0 Å². The predicted molar refractivity (Wildman–Crippen MR) is 164 cm³/mol. The van der Waals surface area contributed by atoms with Crippen molar-refractivity contribution in [3.63, 3.8) is 0 Å². The fraction of sp³-hybridized carbons (Fsp3) is 0.353. The molecular weight excluding hydrogens is 524 g/mol. The number of carbonyl (C=O) groups excluding carboxylic acids is 2. The maximum absolute atomic E-state index is 12.4. The number of aromatic nitrogens is 4. The van der Waals surface area contributed by atoms with Crippen LogP contribution in [0.1, 0.15) is 84.3 Å². The Labute approximate surface area is 247 Å². The van der Waals surface area contributed by atoms with Crippen molar-refractivity contribution in [1.82, 2.24) is 20.4 Å². The van der Waals surface area contributed by atoms with Gasteiger partial charge in [0.05, 0.1) is 22.8 Å². The quantitative estimate of drug-likeness (QED) is 0.220. The Kier molecular flexibility index (Phi) is 9.64. The summed E-state index contributed by atoms with van der Waals surface area (Å²) in [7, 11) is 0. The number of hydrogen-bond acceptors (Lipinski definition) is 8. The zero-order valence-corrected chi connectivity index (χ0v) is 23.9. The standard InChI is InChI=1S/C34H38N6O2/c35-27-8-1-4-23(18-27)20-31(41)14-10-29-12-16-33(39-37-29)25-6-3-7-26(22-25)34-17-13-30(38-40-34)11-15-32(42)21-24-5-2-9-28(36)19-24/h1-2,4-5,8-9,12-13,16-19,25-26H,3,6-7,10-11,14-15,20-22,35-36H2. The lowest BCUT2D eigenvalue weighted by molar-refractivity contribution is -0.119. The van der Waals surface area contributed by atoms with Crippen LogP contribution in [0, 0.1) is 0 Å². The van der Waals surface area contributed by atoms with Crippen LogP contribution in [-0.2, 0) is 35.3 Å². The van der Waals surface area contributed by atoms with Gasteiger partial charge in [-0.2, -0.15) is 20.4 Å². The largest absolute Gasteiger partial charge is 0.399 e. The van der Waals surface area contributed by atoms with E-state index in [2.05, 4.69) is 32.5 Å². The highest BCUT2D eigenvalue weighted by Gasteiger charge is 2.26. The minimum Gasteiger partial charge on any atom is -0.399 e. The summed E-state index contributed by atoms with van der Waals surface area (Å²) in [6.07, 6.45) is 6.98. The Morgan fingerprint density at radius 1 is 0.643 bits per heavy atom. The highest BCUT2D eigenvalue weighted by Crippen LogP contribution is 2.39. The van der Waals surface area contributed by atoms with Crippen LogP contribution in [0.3, 0.4) is 0 Å². The van der Waals surface area contributed by atoms with Crippen molar-refractivity contribution < 1.29 is 9.59 Å². The fourth-order valence-corrected chi connectivity index (χ4v) is 5.74. The molecule has 0 radical (unpaired) electrons. The number of anilines is 2. The number of nitrogen functional groups attached to an aromatic ring is 2. The van der Waals surface area contributed by atoms with Gasteiger partial charge in [0.2, 0.25) is 0 Å². The zero-order valence-electron chi connectivity index (χ0n) is 23.9. The number of nitrogens with two attached hydrogens (primary N) is 2. The first kappa shape index (κ1) is 29.0. The van der Waals surface area contributed by atoms with E-state index in [0.29, 0.717) is 61.7 Å². The minimum atomic E-state index is 0.165. The van der Waals surface area contributed by atoms with Gasteiger partial charge in [-0.05, 0) is 91.8 Å². The molecule has 0 bridgehead atoms. The lowest BCUT2D eigenvalue weighted by Crippen LogP contribution is -2.16. The van der Waals surface area contributed by atoms with Crippen molar-refractivity contribution in [2.24, 2.45) is 0 Å². The predicted octanol–water partition coefficient (Wildman–Crippen LogP) is 5.36. The molecule has 0 spiro atoms. The third kappa shape index (κ3) is 8.28. The molecule has 1 fully saturated rings. The number of ketones is 2. The Morgan fingerprint density at radius 2 is 1.12 bits per heavy atom. The SMILES string of the molecule is Nc1cccc(CC(=O)CCc2ccc(C3CCCC(c4ccc(CCC(=O)Cc5cccc(N)c5)nn4)C3)nn2)c1. The number of hydrogen-bond donors (Lipinski definition) is 2. The Bertz CT molecular complexity index is 1390. The number of carbonyl (C=O) groups is 2. The van der Waals surface area contributed by atoms with E-state index < -0.39 is 0 Å². The molecule has 2 atom stereocenters. The summed E-state index contributed by atoms with van der Waals surface area (Å²) >= 11 is 0. The van der Waals surface area contributed by atoms with Gasteiger partial charge in [0.1, 0.15) is 11.6 Å². The molecule has 0 aliphatic heterocycles. The van der Waals surface area contributed by atoms with Crippen molar-refractivity contribution in [1.29, 1.82) is 0 Å². The molecule has 2 unspecified atom stereocenters. The maximum atomic E-state index is 12.4. The fourth-order valence-electron chi connectivity index (χ4n) is 5.74.